The Kier molecular flexibility index (Phi) is 8.97. The fraction of sp³-hybridized carbons (Fsp3) is 0.500. The third-order valence-corrected chi connectivity index (χ3v) is 4.71. The molecule has 0 saturated carbocycles. The SMILES string of the molecule is CCOC(=O)CCc1ccccc1OP(=O)(Cl)N[C@H](C)C(=O)OCC. The average Bonchev–Trinajstić information content (AvgIpc) is 2.53. The number of carbonyl (C=O) groups excluding carboxylic acids is 2. The van der Waals surface area contributed by atoms with E-state index in [1.807, 2.05) is 0 Å². The van der Waals surface area contributed by atoms with E-state index < -0.39 is 18.9 Å². The van der Waals surface area contributed by atoms with Crippen LogP contribution in [0.1, 0.15) is 32.8 Å². The quantitative estimate of drug-likeness (QED) is 0.482. The van der Waals surface area contributed by atoms with Gasteiger partial charge in [-0.25, -0.2) is 9.65 Å². The molecule has 0 aliphatic heterocycles. The summed E-state index contributed by atoms with van der Waals surface area (Å²) in [6, 6.07) is 5.89. The highest BCUT2D eigenvalue weighted by Crippen LogP contribution is 2.49. The van der Waals surface area contributed by atoms with E-state index in [4.69, 9.17) is 25.2 Å². The van der Waals surface area contributed by atoms with Crippen LogP contribution in [0.15, 0.2) is 24.3 Å². The maximum absolute atomic E-state index is 12.4. The lowest BCUT2D eigenvalue weighted by Crippen LogP contribution is -2.33. The van der Waals surface area contributed by atoms with E-state index in [1.165, 1.54) is 6.92 Å². The van der Waals surface area contributed by atoms with Gasteiger partial charge in [-0.05, 0) is 38.8 Å². The van der Waals surface area contributed by atoms with Crippen LogP contribution >= 0.6 is 18.1 Å². The lowest BCUT2D eigenvalue weighted by atomic mass is 10.1. The zero-order valence-corrected chi connectivity index (χ0v) is 16.1. The summed E-state index contributed by atoms with van der Waals surface area (Å²) in [7, 11) is 0. The number of rotatable bonds is 10. The average molecular weight is 392 g/mol. The summed E-state index contributed by atoms with van der Waals surface area (Å²) in [6.07, 6.45) is 0.507. The van der Waals surface area contributed by atoms with E-state index in [-0.39, 0.29) is 24.7 Å². The van der Waals surface area contributed by atoms with Crippen molar-refractivity contribution in [2.24, 2.45) is 0 Å². The maximum atomic E-state index is 12.4. The van der Waals surface area contributed by atoms with Gasteiger partial charge in [-0.3, -0.25) is 9.59 Å². The Hall–Kier alpha value is -1.56. The fourth-order valence-corrected chi connectivity index (χ4v) is 3.69. The molecule has 0 bridgehead atoms. The highest BCUT2D eigenvalue weighted by Gasteiger charge is 2.28. The number of hydrogen-bond acceptors (Lipinski definition) is 6. The summed E-state index contributed by atoms with van der Waals surface area (Å²) in [5.74, 6) is -0.642. The van der Waals surface area contributed by atoms with Gasteiger partial charge in [-0.15, -0.1) is 0 Å². The van der Waals surface area contributed by atoms with Gasteiger partial charge in [0.25, 0.3) is 0 Å². The van der Waals surface area contributed by atoms with Gasteiger partial charge < -0.3 is 14.0 Å². The number of carbonyl (C=O) groups is 2. The van der Waals surface area contributed by atoms with Crippen LogP contribution in [0.25, 0.3) is 0 Å². The Morgan fingerprint density at radius 1 is 1.20 bits per heavy atom. The van der Waals surface area contributed by atoms with E-state index in [1.54, 1.807) is 38.1 Å². The number of ether oxygens (including phenoxy) is 2. The molecule has 1 aromatic carbocycles. The van der Waals surface area contributed by atoms with Gasteiger partial charge in [0, 0.05) is 17.7 Å². The molecule has 1 aromatic rings. The first-order valence-electron chi connectivity index (χ1n) is 7.96. The topological polar surface area (TPSA) is 90.9 Å². The molecule has 1 rings (SSSR count). The van der Waals surface area contributed by atoms with Crippen LogP contribution in [0.5, 0.6) is 5.75 Å². The predicted octanol–water partition coefficient (Wildman–Crippen LogP) is 3.45. The van der Waals surface area contributed by atoms with E-state index in [0.717, 1.165) is 0 Å². The van der Waals surface area contributed by atoms with Crippen LogP contribution in [0.4, 0.5) is 0 Å². The van der Waals surface area contributed by atoms with Crippen LogP contribution in [0.2, 0.25) is 0 Å². The summed E-state index contributed by atoms with van der Waals surface area (Å²) in [5.41, 5.74) is 0.655. The zero-order valence-electron chi connectivity index (χ0n) is 14.5. The van der Waals surface area contributed by atoms with Gasteiger partial charge >= 0.3 is 18.8 Å². The Morgan fingerprint density at radius 3 is 2.48 bits per heavy atom. The van der Waals surface area contributed by atoms with E-state index in [9.17, 15) is 14.2 Å². The molecule has 0 radical (unpaired) electrons. The Labute approximate surface area is 152 Å². The third kappa shape index (κ3) is 7.90. The second-order valence-electron chi connectivity index (χ2n) is 5.09. The first-order valence-corrected chi connectivity index (χ1v) is 10.5. The minimum atomic E-state index is -3.83. The molecular weight excluding hydrogens is 369 g/mol. The molecule has 1 unspecified atom stereocenters. The summed E-state index contributed by atoms with van der Waals surface area (Å²) in [4.78, 5) is 23.1. The smallest absolute Gasteiger partial charge is 0.409 e. The van der Waals surface area contributed by atoms with Crippen LogP contribution in [-0.4, -0.2) is 31.2 Å². The van der Waals surface area contributed by atoms with Crippen molar-refractivity contribution >= 4 is 30.1 Å². The molecule has 1 N–H and O–H groups in total. The van der Waals surface area contributed by atoms with Crippen molar-refractivity contribution < 1.29 is 28.2 Å². The van der Waals surface area contributed by atoms with Crippen LogP contribution in [0, 0.1) is 0 Å². The Morgan fingerprint density at radius 2 is 1.84 bits per heavy atom. The lowest BCUT2D eigenvalue weighted by molar-refractivity contribution is -0.145. The first kappa shape index (κ1) is 21.5. The lowest BCUT2D eigenvalue weighted by Gasteiger charge is -2.19. The van der Waals surface area contributed by atoms with Gasteiger partial charge in [-0.2, -0.15) is 0 Å². The first-order chi connectivity index (χ1) is 11.8. The highest BCUT2D eigenvalue weighted by molar-refractivity contribution is 7.84. The zero-order chi connectivity index (χ0) is 18.9. The van der Waals surface area contributed by atoms with E-state index >= 15 is 0 Å². The normalized spacial score (nSPS) is 14.2. The van der Waals surface area contributed by atoms with Crippen molar-refractivity contribution in [3.8, 4) is 5.75 Å². The molecule has 0 heterocycles. The van der Waals surface area contributed by atoms with Gasteiger partial charge in [0.15, 0.2) is 0 Å². The maximum Gasteiger partial charge on any atom is 0.409 e. The van der Waals surface area contributed by atoms with Gasteiger partial charge in [0.2, 0.25) is 0 Å². The van der Waals surface area contributed by atoms with Gasteiger partial charge in [0.1, 0.15) is 11.8 Å². The number of nitrogens with one attached hydrogen (secondary N) is 1. The molecule has 0 aliphatic carbocycles. The van der Waals surface area contributed by atoms with Crippen LogP contribution in [0.3, 0.4) is 0 Å². The van der Waals surface area contributed by atoms with Crippen molar-refractivity contribution in [1.82, 2.24) is 5.09 Å². The van der Waals surface area contributed by atoms with Crippen LogP contribution < -0.4 is 9.61 Å². The summed E-state index contributed by atoms with van der Waals surface area (Å²) >= 11 is 5.92. The van der Waals surface area contributed by atoms with Crippen molar-refractivity contribution in [3.05, 3.63) is 29.8 Å². The van der Waals surface area contributed by atoms with Crippen molar-refractivity contribution in [2.45, 2.75) is 39.7 Å². The number of benzene rings is 1. The predicted molar refractivity (Wildman–Crippen MR) is 94.7 cm³/mol. The minimum absolute atomic E-state index is 0.160. The van der Waals surface area contributed by atoms with Crippen molar-refractivity contribution in [1.29, 1.82) is 0 Å². The standard InChI is InChI=1S/C16H23ClNO6P/c1-4-22-15(19)11-10-13-8-6-7-9-14(13)24-25(17,21)18-12(3)16(20)23-5-2/h6-9,12H,4-5,10-11H2,1-3H3,(H,18,21)/t12-,25?/m1/s1. The second kappa shape index (κ2) is 10.4. The Bertz CT molecular complexity index is 639. The molecule has 25 heavy (non-hydrogen) atoms. The number of para-hydroxylation sites is 1. The Balaban J connectivity index is 2.75. The molecular formula is C16H23ClNO6P. The second-order valence-corrected chi connectivity index (χ2v) is 7.82. The number of hydrogen-bond donors (Lipinski definition) is 1. The van der Waals surface area contributed by atoms with E-state index in [0.29, 0.717) is 18.6 Å². The molecule has 0 fully saturated rings. The molecule has 0 saturated heterocycles. The van der Waals surface area contributed by atoms with E-state index in [2.05, 4.69) is 5.09 Å². The van der Waals surface area contributed by atoms with Gasteiger partial charge in [-0.1, -0.05) is 18.2 Å². The van der Waals surface area contributed by atoms with Gasteiger partial charge in [0.05, 0.1) is 13.2 Å². The monoisotopic (exact) mass is 391 g/mol. The number of aryl methyl sites for hydroxylation is 1. The fourth-order valence-electron chi connectivity index (χ4n) is 1.97. The molecule has 9 heteroatoms. The summed E-state index contributed by atoms with van der Waals surface area (Å²) in [5, 5.41) is 2.43. The molecule has 7 nitrogen and oxygen atoms in total. The van der Waals surface area contributed by atoms with Crippen LogP contribution in [-0.2, 0) is 30.0 Å². The van der Waals surface area contributed by atoms with Crippen molar-refractivity contribution in [2.75, 3.05) is 13.2 Å². The molecule has 0 aromatic heterocycles. The van der Waals surface area contributed by atoms with Crippen molar-refractivity contribution in [3.63, 3.8) is 0 Å². The largest absolute Gasteiger partial charge is 0.466 e. The summed E-state index contributed by atoms with van der Waals surface area (Å²) in [6.45, 7) is 1.56. The molecule has 0 amide bonds. The number of halogens is 1. The number of esters is 2. The molecule has 140 valence electrons. The summed E-state index contributed by atoms with van der Waals surface area (Å²) < 4.78 is 27.5. The third-order valence-electron chi connectivity index (χ3n) is 3.08. The molecule has 2 atom stereocenters. The highest BCUT2D eigenvalue weighted by atomic mass is 35.7. The minimum Gasteiger partial charge on any atom is -0.466 e. The molecule has 0 spiro atoms. The molecule has 0 aliphatic rings.